The van der Waals surface area contributed by atoms with E-state index in [1.54, 1.807) is 13.0 Å². The maximum Gasteiger partial charge on any atom is 0.257 e. The maximum atomic E-state index is 12.8. The Morgan fingerprint density at radius 2 is 2.09 bits per heavy atom. The zero-order valence-electron chi connectivity index (χ0n) is 20.3. The third kappa shape index (κ3) is 5.64. The number of aryl methyl sites for hydroxylation is 1. The van der Waals surface area contributed by atoms with Crippen LogP contribution in [0.2, 0.25) is 5.02 Å². The zero-order valence-corrected chi connectivity index (χ0v) is 21.1. The van der Waals surface area contributed by atoms with Crippen molar-refractivity contribution >= 4 is 29.1 Å². The molecule has 0 bridgehead atoms. The number of aromatic nitrogens is 1. The number of nitriles is 1. The first-order chi connectivity index (χ1) is 16.8. The van der Waals surface area contributed by atoms with Gasteiger partial charge in [0.25, 0.3) is 11.8 Å². The summed E-state index contributed by atoms with van der Waals surface area (Å²) in [6.07, 6.45) is 2.92. The van der Waals surface area contributed by atoms with Gasteiger partial charge in [0.2, 0.25) is 0 Å². The summed E-state index contributed by atoms with van der Waals surface area (Å²) in [5, 5.41) is 12.7. The number of hydrogen-bond donors (Lipinski definition) is 1. The molecular weight excluding hydrogens is 466 g/mol. The van der Waals surface area contributed by atoms with Crippen molar-refractivity contribution in [1.29, 1.82) is 5.26 Å². The maximum absolute atomic E-state index is 12.8. The lowest BCUT2D eigenvalue weighted by Crippen LogP contribution is -2.55. The number of piperazine rings is 1. The molecule has 0 radical (unpaired) electrons. The summed E-state index contributed by atoms with van der Waals surface area (Å²) in [6, 6.07) is 7.33. The molecule has 2 fully saturated rings. The zero-order chi connectivity index (χ0) is 25.1. The molecule has 2 amide bonds. The molecule has 1 aromatic heterocycles. The third-order valence-corrected chi connectivity index (χ3v) is 7.01. The Kier molecular flexibility index (Phi) is 7.70. The normalized spacial score (nSPS) is 20.5. The van der Waals surface area contributed by atoms with Gasteiger partial charge in [-0.25, -0.2) is 0 Å². The Hall–Kier alpha value is -2.99. The van der Waals surface area contributed by atoms with Crippen molar-refractivity contribution in [3.63, 3.8) is 0 Å². The fourth-order valence-electron chi connectivity index (χ4n) is 4.70. The highest BCUT2D eigenvalue weighted by atomic mass is 35.5. The van der Waals surface area contributed by atoms with Crippen LogP contribution in [-0.2, 0) is 16.1 Å². The fourth-order valence-corrected chi connectivity index (χ4v) is 4.94. The molecule has 2 aliphatic heterocycles. The summed E-state index contributed by atoms with van der Waals surface area (Å²) in [7, 11) is 0. The minimum absolute atomic E-state index is 0.0856. The number of rotatable bonds is 5. The van der Waals surface area contributed by atoms with Gasteiger partial charge in [0, 0.05) is 55.7 Å². The molecule has 35 heavy (non-hydrogen) atoms. The lowest BCUT2D eigenvalue weighted by Gasteiger charge is -2.41. The van der Waals surface area contributed by atoms with Crippen LogP contribution in [-0.4, -0.2) is 65.0 Å². The van der Waals surface area contributed by atoms with Crippen LogP contribution in [0.1, 0.15) is 52.5 Å². The largest absolute Gasteiger partial charge is 0.368 e. The molecule has 4 rings (SSSR count). The molecule has 184 valence electrons. The quantitative estimate of drug-likeness (QED) is 0.679. The predicted octanol–water partition coefficient (Wildman–Crippen LogP) is 3.69. The van der Waals surface area contributed by atoms with Gasteiger partial charge in [-0.05, 0) is 62.9 Å². The molecule has 8 nitrogen and oxygen atoms in total. The molecule has 9 heteroatoms. The monoisotopic (exact) mass is 495 g/mol. The smallest absolute Gasteiger partial charge is 0.257 e. The van der Waals surface area contributed by atoms with Gasteiger partial charge in [-0.1, -0.05) is 11.6 Å². The van der Waals surface area contributed by atoms with Crippen molar-refractivity contribution < 1.29 is 14.3 Å². The van der Waals surface area contributed by atoms with Crippen LogP contribution in [0.5, 0.6) is 0 Å². The summed E-state index contributed by atoms with van der Waals surface area (Å²) in [4.78, 5) is 34.0. The number of halogens is 1. The van der Waals surface area contributed by atoms with Crippen LogP contribution < -0.4 is 5.32 Å². The van der Waals surface area contributed by atoms with Crippen LogP contribution >= 0.6 is 11.6 Å². The molecular formula is C26H30ClN5O3. The number of carbonyl (C=O) groups is 2. The Labute approximate surface area is 210 Å². The fraction of sp³-hybridized carbons (Fsp3) is 0.462. The van der Waals surface area contributed by atoms with Gasteiger partial charge >= 0.3 is 0 Å². The minimum atomic E-state index is -0.347. The molecule has 0 aliphatic carbocycles. The third-order valence-electron chi connectivity index (χ3n) is 6.79. The van der Waals surface area contributed by atoms with Crippen LogP contribution in [0.4, 0.5) is 5.69 Å². The Balaban J connectivity index is 1.44. The van der Waals surface area contributed by atoms with Gasteiger partial charge in [-0.15, -0.1) is 0 Å². The van der Waals surface area contributed by atoms with Gasteiger partial charge in [0.05, 0.1) is 16.8 Å². The summed E-state index contributed by atoms with van der Waals surface area (Å²) >= 11 is 6.41. The second-order valence-corrected chi connectivity index (χ2v) is 9.71. The van der Waals surface area contributed by atoms with Crippen molar-refractivity contribution in [3.05, 3.63) is 57.4 Å². The van der Waals surface area contributed by atoms with Crippen molar-refractivity contribution in [1.82, 2.24) is 14.8 Å². The van der Waals surface area contributed by atoms with Crippen molar-refractivity contribution in [2.24, 2.45) is 0 Å². The van der Waals surface area contributed by atoms with Crippen LogP contribution in [0.3, 0.4) is 0 Å². The van der Waals surface area contributed by atoms with Crippen molar-refractivity contribution in [2.75, 3.05) is 31.6 Å². The van der Waals surface area contributed by atoms with Gasteiger partial charge in [-0.3, -0.25) is 19.5 Å². The van der Waals surface area contributed by atoms with E-state index in [0.717, 1.165) is 37.1 Å². The Morgan fingerprint density at radius 3 is 2.77 bits per heavy atom. The summed E-state index contributed by atoms with van der Waals surface area (Å²) < 4.78 is 5.59. The average molecular weight is 496 g/mol. The molecule has 3 heterocycles. The summed E-state index contributed by atoms with van der Waals surface area (Å²) in [5.41, 5.74) is 3.82. The highest BCUT2D eigenvalue weighted by Gasteiger charge is 2.34. The van der Waals surface area contributed by atoms with E-state index in [1.165, 1.54) is 12.3 Å². The van der Waals surface area contributed by atoms with E-state index in [-0.39, 0.29) is 24.0 Å². The number of pyridine rings is 1. The number of benzene rings is 1. The van der Waals surface area contributed by atoms with Crippen LogP contribution in [0.25, 0.3) is 0 Å². The van der Waals surface area contributed by atoms with E-state index in [0.29, 0.717) is 47.2 Å². The molecule has 0 spiro atoms. The molecule has 1 aromatic carbocycles. The number of amides is 2. The first-order valence-corrected chi connectivity index (χ1v) is 12.3. The van der Waals surface area contributed by atoms with Gasteiger partial charge in [-0.2, -0.15) is 5.26 Å². The first kappa shape index (κ1) is 25.1. The van der Waals surface area contributed by atoms with E-state index in [9.17, 15) is 14.9 Å². The molecule has 0 saturated carbocycles. The number of carbonyl (C=O) groups excluding carboxylic acids is 2. The average Bonchev–Trinajstić information content (AvgIpc) is 3.37. The second kappa shape index (κ2) is 10.7. The molecule has 2 atom stereocenters. The number of hydrogen-bond acceptors (Lipinski definition) is 6. The van der Waals surface area contributed by atoms with Crippen molar-refractivity contribution in [2.45, 2.75) is 52.3 Å². The van der Waals surface area contributed by atoms with Gasteiger partial charge in [0.1, 0.15) is 12.2 Å². The highest BCUT2D eigenvalue weighted by Crippen LogP contribution is 2.28. The molecule has 2 aromatic rings. The van der Waals surface area contributed by atoms with Crippen LogP contribution in [0.15, 0.2) is 24.4 Å². The second-order valence-electron chi connectivity index (χ2n) is 9.28. The van der Waals surface area contributed by atoms with E-state index in [4.69, 9.17) is 16.3 Å². The molecule has 2 saturated heterocycles. The SMILES string of the molecule is Cc1ncc(C(=O)Nc2cc(Cl)cc(CN3CCN(C(=O)[C@@H]4CCCO4)[C@@H](C)C3)c2C)cc1C#N. The molecule has 2 aliphatic rings. The minimum Gasteiger partial charge on any atom is -0.368 e. The summed E-state index contributed by atoms with van der Waals surface area (Å²) in [5.74, 6) is -0.246. The molecule has 1 N–H and O–H groups in total. The first-order valence-electron chi connectivity index (χ1n) is 11.9. The van der Waals surface area contributed by atoms with Crippen molar-refractivity contribution in [3.8, 4) is 6.07 Å². The Morgan fingerprint density at radius 1 is 1.29 bits per heavy atom. The topological polar surface area (TPSA) is 98.6 Å². The predicted molar refractivity (Wildman–Crippen MR) is 133 cm³/mol. The number of anilines is 1. The van der Waals surface area contributed by atoms with Gasteiger partial charge in [0.15, 0.2) is 0 Å². The number of nitrogens with zero attached hydrogens (tertiary/aromatic N) is 4. The Bertz CT molecular complexity index is 1170. The standard InChI is InChI=1S/C26H30ClN5O3/c1-16-14-31(6-7-32(16)26(34)24-5-4-8-35-24)15-21-10-22(27)11-23(17(21)2)30-25(33)20-9-19(12-28)18(3)29-13-20/h9-11,13,16,24H,4-8,14-15H2,1-3H3,(H,30,33)/t16-,24-/m0/s1. The molecule has 0 unspecified atom stereocenters. The number of nitrogens with one attached hydrogen (secondary N) is 1. The lowest BCUT2D eigenvalue weighted by molar-refractivity contribution is -0.145. The van der Waals surface area contributed by atoms with E-state index in [1.807, 2.05) is 17.9 Å². The van der Waals surface area contributed by atoms with E-state index >= 15 is 0 Å². The number of ether oxygens (including phenoxy) is 1. The highest BCUT2D eigenvalue weighted by molar-refractivity contribution is 6.31. The van der Waals surface area contributed by atoms with Gasteiger partial charge < -0.3 is 15.0 Å². The van der Waals surface area contributed by atoms with E-state index in [2.05, 4.69) is 28.2 Å². The van der Waals surface area contributed by atoms with Crippen LogP contribution in [0, 0.1) is 25.2 Å². The lowest BCUT2D eigenvalue weighted by atomic mass is 10.0. The van der Waals surface area contributed by atoms with E-state index < -0.39 is 0 Å². The summed E-state index contributed by atoms with van der Waals surface area (Å²) in [6.45, 7) is 9.23.